The molecule has 1 atom stereocenters. The van der Waals surface area contributed by atoms with Gasteiger partial charge < -0.3 is 10.5 Å². The van der Waals surface area contributed by atoms with E-state index in [1.807, 2.05) is 13.8 Å². The fourth-order valence-corrected chi connectivity index (χ4v) is 1.96. The van der Waals surface area contributed by atoms with Crippen molar-refractivity contribution in [1.82, 2.24) is 0 Å². The molecule has 0 aliphatic rings. The number of halogens is 2. The summed E-state index contributed by atoms with van der Waals surface area (Å²) in [5.74, 6) is 0. The smallest absolute Gasteiger partial charge is 0.0640 e. The molecular weight excluding hydrogens is 245 g/mol. The molecule has 0 saturated heterocycles. The lowest BCUT2D eigenvalue weighted by Gasteiger charge is -2.27. The van der Waals surface area contributed by atoms with Gasteiger partial charge in [0, 0.05) is 23.2 Å². The van der Waals surface area contributed by atoms with Crippen LogP contribution in [0.15, 0.2) is 18.2 Å². The Kier molecular flexibility index (Phi) is 4.62. The number of hydrogen-bond acceptors (Lipinski definition) is 2. The molecule has 0 radical (unpaired) electrons. The number of rotatable bonds is 4. The van der Waals surface area contributed by atoms with E-state index in [9.17, 15) is 0 Å². The van der Waals surface area contributed by atoms with Gasteiger partial charge in [-0.3, -0.25) is 0 Å². The topological polar surface area (TPSA) is 35.2 Å². The molecule has 0 aromatic heterocycles. The van der Waals surface area contributed by atoms with Gasteiger partial charge in [-0.15, -0.1) is 0 Å². The summed E-state index contributed by atoms with van der Waals surface area (Å²) in [7, 11) is 1.67. The van der Waals surface area contributed by atoms with Crippen LogP contribution in [-0.4, -0.2) is 12.7 Å². The molecule has 0 bridgehead atoms. The van der Waals surface area contributed by atoms with E-state index in [4.69, 9.17) is 33.7 Å². The van der Waals surface area contributed by atoms with Crippen molar-refractivity contribution < 1.29 is 4.74 Å². The monoisotopic (exact) mass is 261 g/mol. The summed E-state index contributed by atoms with van der Waals surface area (Å²) in [5, 5.41) is 1.29. The lowest BCUT2D eigenvalue weighted by molar-refractivity contribution is 0.00996. The molecule has 0 saturated carbocycles. The molecule has 1 aromatic rings. The van der Waals surface area contributed by atoms with E-state index in [-0.39, 0.29) is 11.6 Å². The highest BCUT2D eigenvalue weighted by Gasteiger charge is 2.22. The summed E-state index contributed by atoms with van der Waals surface area (Å²) < 4.78 is 5.34. The van der Waals surface area contributed by atoms with Gasteiger partial charge in [0.2, 0.25) is 0 Å². The molecule has 0 aliphatic heterocycles. The molecule has 1 unspecified atom stereocenters. The average Bonchev–Trinajstić information content (AvgIpc) is 2.21. The van der Waals surface area contributed by atoms with Crippen LogP contribution < -0.4 is 5.73 Å². The SMILES string of the molecule is COC(C)(C)CC(N)c1cc(Cl)ccc1Cl. The Hall–Kier alpha value is -0.280. The Bertz CT molecular complexity index is 366. The highest BCUT2D eigenvalue weighted by Crippen LogP contribution is 2.30. The van der Waals surface area contributed by atoms with Gasteiger partial charge in [-0.05, 0) is 44.0 Å². The van der Waals surface area contributed by atoms with Gasteiger partial charge in [0.05, 0.1) is 5.60 Å². The van der Waals surface area contributed by atoms with E-state index in [2.05, 4.69) is 0 Å². The maximum atomic E-state index is 6.10. The highest BCUT2D eigenvalue weighted by atomic mass is 35.5. The van der Waals surface area contributed by atoms with E-state index in [0.29, 0.717) is 16.5 Å². The summed E-state index contributed by atoms with van der Waals surface area (Å²) >= 11 is 12.0. The lowest BCUT2D eigenvalue weighted by atomic mass is 9.94. The Balaban J connectivity index is 2.88. The highest BCUT2D eigenvalue weighted by molar-refractivity contribution is 6.33. The third-order valence-electron chi connectivity index (χ3n) is 2.62. The minimum Gasteiger partial charge on any atom is -0.379 e. The van der Waals surface area contributed by atoms with Gasteiger partial charge in [-0.2, -0.15) is 0 Å². The van der Waals surface area contributed by atoms with Crippen LogP contribution in [0.4, 0.5) is 0 Å². The predicted molar refractivity (Wildman–Crippen MR) is 69.1 cm³/mol. The van der Waals surface area contributed by atoms with Crippen LogP contribution in [0, 0.1) is 0 Å². The second-order valence-corrected chi connectivity index (χ2v) is 5.28. The fraction of sp³-hybridized carbons (Fsp3) is 0.500. The molecule has 0 amide bonds. The Morgan fingerprint density at radius 2 is 2.00 bits per heavy atom. The molecule has 0 fully saturated rings. The summed E-state index contributed by atoms with van der Waals surface area (Å²) in [6.07, 6.45) is 0.684. The molecule has 2 N–H and O–H groups in total. The van der Waals surface area contributed by atoms with E-state index in [0.717, 1.165) is 5.56 Å². The van der Waals surface area contributed by atoms with Crippen molar-refractivity contribution >= 4 is 23.2 Å². The fourth-order valence-electron chi connectivity index (χ4n) is 1.52. The summed E-state index contributed by atoms with van der Waals surface area (Å²) in [6.45, 7) is 3.98. The van der Waals surface area contributed by atoms with Gasteiger partial charge in [-0.25, -0.2) is 0 Å². The van der Waals surface area contributed by atoms with Gasteiger partial charge in [0.15, 0.2) is 0 Å². The number of nitrogens with two attached hydrogens (primary N) is 1. The maximum Gasteiger partial charge on any atom is 0.0640 e. The largest absolute Gasteiger partial charge is 0.379 e. The average molecular weight is 262 g/mol. The van der Waals surface area contributed by atoms with Crippen LogP contribution in [0.2, 0.25) is 10.0 Å². The molecule has 2 nitrogen and oxygen atoms in total. The second kappa shape index (κ2) is 5.37. The number of methoxy groups -OCH3 is 1. The van der Waals surface area contributed by atoms with Crippen molar-refractivity contribution in [3.05, 3.63) is 33.8 Å². The van der Waals surface area contributed by atoms with Gasteiger partial charge >= 0.3 is 0 Å². The van der Waals surface area contributed by atoms with Crippen molar-refractivity contribution in [3.8, 4) is 0 Å². The maximum absolute atomic E-state index is 6.10. The third-order valence-corrected chi connectivity index (χ3v) is 3.20. The Morgan fingerprint density at radius 3 is 2.56 bits per heavy atom. The van der Waals surface area contributed by atoms with Crippen molar-refractivity contribution in [2.75, 3.05) is 7.11 Å². The van der Waals surface area contributed by atoms with Crippen molar-refractivity contribution in [1.29, 1.82) is 0 Å². The standard InChI is InChI=1S/C12H17Cl2NO/c1-12(2,16-3)7-11(15)9-6-8(13)4-5-10(9)14/h4-6,11H,7,15H2,1-3H3. The van der Waals surface area contributed by atoms with Crippen LogP contribution in [0.5, 0.6) is 0 Å². The minimum atomic E-state index is -0.273. The predicted octanol–water partition coefficient (Wildman–Crippen LogP) is 3.81. The quantitative estimate of drug-likeness (QED) is 0.895. The van der Waals surface area contributed by atoms with Crippen LogP contribution in [0.25, 0.3) is 0 Å². The summed E-state index contributed by atoms with van der Waals surface area (Å²) in [4.78, 5) is 0. The zero-order chi connectivity index (χ0) is 12.3. The van der Waals surface area contributed by atoms with E-state index in [1.165, 1.54) is 0 Å². The van der Waals surface area contributed by atoms with Crippen molar-refractivity contribution in [2.45, 2.75) is 31.9 Å². The number of benzene rings is 1. The zero-order valence-corrected chi connectivity index (χ0v) is 11.3. The van der Waals surface area contributed by atoms with Crippen molar-refractivity contribution in [2.24, 2.45) is 5.73 Å². The molecule has 90 valence electrons. The van der Waals surface area contributed by atoms with E-state index >= 15 is 0 Å². The molecule has 0 spiro atoms. The molecule has 0 heterocycles. The molecule has 16 heavy (non-hydrogen) atoms. The first-order valence-corrected chi connectivity index (χ1v) is 5.87. The number of ether oxygens (including phenoxy) is 1. The first-order valence-electron chi connectivity index (χ1n) is 5.11. The zero-order valence-electron chi connectivity index (χ0n) is 9.76. The van der Waals surface area contributed by atoms with Gasteiger partial charge in [0.25, 0.3) is 0 Å². The normalized spacial score (nSPS) is 13.9. The first-order chi connectivity index (χ1) is 7.35. The Labute approximate surface area is 107 Å². The van der Waals surface area contributed by atoms with Gasteiger partial charge in [0.1, 0.15) is 0 Å². The second-order valence-electron chi connectivity index (χ2n) is 4.44. The minimum absolute atomic E-state index is 0.179. The molecule has 1 aromatic carbocycles. The van der Waals surface area contributed by atoms with Crippen molar-refractivity contribution in [3.63, 3.8) is 0 Å². The first kappa shape index (κ1) is 13.8. The van der Waals surface area contributed by atoms with Crippen LogP contribution in [-0.2, 0) is 4.74 Å². The van der Waals surface area contributed by atoms with E-state index < -0.39 is 0 Å². The molecule has 1 rings (SSSR count). The lowest BCUT2D eigenvalue weighted by Crippen LogP contribution is -2.28. The molecule has 4 heteroatoms. The summed E-state index contributed by atoms with van der Waals surface area (Å²) in [6, 6.07) is 5.14. The number of hydrogen-bond donors (Lipinski definition) is 1. The summed E-state index contributed by atoms with van der Waals surface area (Å²) in [5.41, 5.74) is 6.69. The van der Waals surface area contributed by atoms with Crippen LogP contribution in [0.1, 0.15) is 31.9 Å². The molecular formula is C12H17Cl2NO. The Morgan fingerprint density at radius 1 is 1.38 bits per heavy atom. The van der Waals surface area contributed by atoms with Crippen LogP contribution in [0.3, 0.4) is 0 Å². The third kappa shape index (κ3) is 3.63. The van der Waals surface area contributed by atoms with Crippen LogP contribution >= 0.6 is 23.2 Å². The van der Waals surface area contributed by atoms with Gasteiger partial charge in [-0.1, -0.05) is 23.2 Å². The van der Waals surface area contributed by atoms with E-state index in [1.54, 1.807) is 25.3 Å². The molecule has 0 aliphatic carbocycles.